The lowest BCUT2D eigenvalue weighted by Crippen LogP contribution is -2.43. The number of nitrogens with one attached hydrogen (secondary N) is 1. The van der Waals surface area contributed by atoms with Gasteiger partial charge in [-0.25, -0.2) is 0 Å². The van der Waals surface area contributed by atoms with Crippen LogP contribution in [0, 0.1) is 0 Å². The molecule has 6 nitrogen and oxygen atoms in total. The summed E-state index contributed by atoms with van der Waals surface area (Å²) in [5, 5.41) is 3.15. The third-order valence-corrected chi connectivity index (χ3v) is 5.99. The second-order valence-electron chi connectivity index (χ2n) is 7.89. The minimum atomic E-state index is -0.0581. The number of amides is 1. The van der Waals surface area contributed by atoms with Crippen LogP contribution in [0.3, 0.4) is 0 Å². The Balaban J connectivity index is 1.48. The second kappa shape index (κ2) is 9.49. The Morgan fingerprint density at radius 3 is 2.63 bits per heavy atom. The fourth-order valence-electron chi connectivity index (χ4n) is 4.30. The minimum absolute atomic E-state index is 0.0581. The normalized spacial score (nSPS) is 17.5. The summed E-state index contributed by atoms with van der Waals surface area (Å²) in [7, 11) is 2.14. The number of carbonyl (C=O) groups excluding carboxylic acids is 1. The van der Waals surface area contributed by atoms with Crippen LogP contribution >= 0.6 is 0 Å². The van der Waals surface area contributed by atoms with Crippen LogP contribution in [-0.2, 0) is 11.2 Å². The first-order chi connectivity index (χ1) is 14.7. The number of likely N-dealkylation sites (N-methyl/N-ethyl adjacent to an activating group) is 1. The number of anilines is 1. The molecule has 2 aliphatic rings. The quantitative estimate of drug-likeness (QED) is 0.762. The molecule has 1 amide bonds. The molecular weight excluding hydrogens is 378 g/mol. The number of rotatable bonds is 7. The first-order valence-electron chi connectivity index (χ1n) is 10.8. The Morgan fingerprint density at radius 2 is 1.90 bits per heavy atom. The number of hydrogen-bond acceptors (Lipinski definition) is 5. The summed E-state index contributed by atoms with van der Waals surface area (Å²) in [6.45, 7) is 7.41. The number of ether oxygens (including phenoxy) is 2. The van der Waals surface area contributed by atoms with E-state index in [1.807, 2.05) is 31.2 Å². The first kappa shape index (κ1) is 20.7. The lowest BCUT2D eigenvalue weighted by Gasteiger charge is -2.35. The van der Waals surface area contributed by atoms with E-state index in [9.17, 15) is 4.79 Å². The van der Waals surface area contributed by atoms with Crippen molar-refractivity contribution in [3.63, 3.8) is 0 Å². The van der Waals surface area contributed by atoms with Crippen LogP contribution in [0.25, 0.3) is 0 Å². The highest BCUT2D eigenvalue weighted by Crippen LogP contribution is 2.31. The first-order valence-corrected chi connectivity index (χ1v) is 10.8. The molecular formula is C24H31N3O3. The summed E-state index contributed by atoms with van der Waals surface area (Å²) in [5.41, 5.74) is 4.62. The zero-order valence-electron chi connectivity index (χ0n) is 17.9. The molecule has 2 aromatic carbocycles. The summed E-state index contributed by atoms with van der Waals surface area (Å²) in [4.78, 5) is 17.5. The van der Waals surface area contributed by atoms with Gasteiger partial charge in [0.2, 0.25) is 0 Å². The fourth-order valence-corrected chi connectivity index (χ4v) is 4.30. The molecule has 2 aliphatic heterocycles. The average Bonchev–Trinajstić information content (AvgIpc) is 3.15. The van der Waals surface area contributed by atoms with E-state index in [0.29, 0.717) is 18.7 Å². The van der Waals surface area contributed by atoms with E-state index in [-0.39, 0.29) is 11.9 Å². The average molecular weight is 410 g/mol. The minimum Gasteiger partial charge on any atom is -0.494 e. The van der Waals surface area contributed by atoms with Gasteiger partial charge in [-0.3, -0.25) is 9.69 Å². The molecule has 1 N–H and O–H groups in total. The van der Waals surface area contributed by atoms with E-state index in [1.54, 1.807) is 0 Å². The van der Waals surface area contributed by atoms with Gasteiger partial charge in [0.25, 0.3) is 5.91 Å². The van der Waals surface area contributed by atoms with Crippen molar-refractivity contribution in [2.45, 2.75) is 19.4 Å². The lowest BCUT2D eigenvalue weighted by molar-refractivity contribution is 0.0162. The fraction of sp³-hybridized carbons (Fsp3) is 0.458. The van der Waals surface area contributed by atoms with Gasteiger partial charge in [0.05, 0.1) is 25.9 Å². The van der Waals surface area contributed by atoms with E-state index in [1.165, 1.54) is 16.8 Å². The number of nitrogens with zero attached hydrogens (tertiary/aromatic N) is 2. The van der Waals surface area contributed by atoms with Crippen molar-refractivity contribution in [2.24, 2.45) is 0 Å². The van der Waals surface area contributed by atoms with E-state index in [4.69, 9.17) is 9.47 Å². The molecule has 2 aromatic rings. The molecule has 0 saturated carbocycles. The Hall–Kier alpha value is -2.57. The van der Waals surface area contributed by atoms with Crippen molar-refractivity contribution in [3.8, 4) is 5.75 Å². The van der Waals surface area contributed by atoms with E-state index in [2.05, 4.69) is 40.4 Å². The zero-order chi connectivity index (χ0) is 20.9. The molecule has 0 spiro atoms. The topological polar surface area (TPSA) is 54.0 Å². The molecule has 4 rings (SSSR count). The Kier molecular flexibility index (Phi) is 6.55. The monoisotopic (exact) mass is 409 g/mol. The Morgan fingerprint density at radius 1 is 1.13 bits per heavy atom. The SMILES string of the molecule is CCOc1ccc(C(=O)NCC(c2ccc3c(c2)CCN3C)N2CCOCC2)cc1. The summed E-state index contributed by atoms with van der Waals surface area (Å²) in [6, 6.07) is 14.2. The molecule has 160 valence electrons. The van der Waals surface area contributed by atoms with Crippen LogP contribution in [0.2, 0.25) is 0 Å². The Bertz CT molecular complexity index is 862. The maximum Gasteiger partial charge on any atom is 0.251 e. The van der Waals surface area contributed by atoms with Crippen molar-refractivity contribution < 1.29 is 14.3 Å². The smallest absolute Gasteiger partial charge is 0.251 e. The van der Waals surface area contributed by atoms with Gasteiger partial charge in [0.15, 0.2) is 0 Å². The molecule has 6 heteroatoms. The van der Waals surface area contributed by atoms with Crippen LogP contribution in [-0.4, -0.2) is 63.9 Å². The Labute approximate surface area is 178 Å². The van der Waals surface area contributed by atoms with Gasteiger partial charge in [0, 0.05) is 44.5 Å². The highest BCUT2D eigenvalue weighted by Gasteiger charge is 2.25. The van der Waals surface area contributed by atoms with Crippen LogP contribution < -0.4 is 15.0 Å². The molecule has 0 bridgehead atoms. The number of hydrogen-bond donors (Lipinski definition) is 1. The molecule has 0 radical (unpaired) electrons. The maximum absolute atomic E-state index is 12.8. The van der Waals surface area contributed by atoms with Crippen LogP contribution in [0.4, 0.5) is 5.69 Å². The van der Waals surface area contributed by atoms with Crippen LogP contribution in [0.5, 0.6) is 5.75 Å². The van der Waals surface area contributed by atoms with E-state index in [0.717, 1.165) is 45.0 Å². The number of fused-ring (bicyclic) bond motifs is 1. The highest BCUT2D eigenvalue weighted by atomic mass is 16.5. The maximum atomic E-state index is 12.8. The molecule has 30 heavy (non-hydrogen) atoms. The largest absolute Gasteiger partial charge is 0.494 e. The van der Waals surface area contributed by atoms with Gasteiger partial charge >= 0.3 is 0 Å². The third kappa shape index (κ3) is 4.60. The number of carbonyl (C=O) groups is 1. The molecule has 1 fully saturated rings. The predicted molar refractivity (Wildman–Crippen MR) is 118 cm³/mol. The van der Waals surface area contributed by atoms with Crippen LogP contribution in [0.15, 0.2) is 42.5 Å². The van der Waals surface area contributed by atoms with Crippen molar-refractivity contribution in [2.75, 3.05) is 57.9 Å². The standard InChI is InChI=1S/C24H31N3O3/c1-3-30-21-7-4-18(5-8-21)24(28)25-17-23(27-12-14-29-15-13-27)19-6-9-22-20(16-19)10-11-26(22)2/h4-9,16,23H,3,10-15,17H2,1-2H3,(H,25,28). The number of benzene rings is 2. The van der Waals surface area contributed by atoms with Gasteiger partial charge in [0.1, 0.15) is 5.75 Å². The summed E-state index contributed by atoms with van der Waals surface area (Å²) >= 11 is 0. The second-order valence-corrected chi connectivity index (χ2v) is 7.89. The van der Waals surface area contributed by atoms with Gasteiger partial charge in [-0.15, -0.1) is 0 Å². The molecule has 1 unspecified atom stereocenters. The summed E-state index contributed by atoms with van der Waals surface area (Å²) < 4.78 is 11.0. The van der Waals surface area contributed by atoms with Crippen molar-refractivity contribution in [1.82, 2.24) is 10.2 Å². The zero-order valence-corrected chi connectivity index (χ0v) is 17.9. The molecule has 1 atom stereocenters. The molecule has 1 saturated heterocycles. The summed E-state index contributed by atoms with van der Waals surface area (Å²) in [5.74, 6) is 0.723. The van der Waals surface area contributed by atoms with Gasteiger partial charge in [-0.2, -0.15) is 0 Å². The third-order valence-electron chi connectivity index (χ3n) is 5.99. The van der Waals surface area contributed by atoms with Gasteiger partial charge in [-0.05, 0) is 54.8 Å². The van der Waals surface area contributed by atoms with Gasteiger partial charge in [-0.1, -0.05) is 12.1 Å². The predicted octanol–water partition coefficient (Wildman–Crippen LogP) is 2.88. The molecule has 0 aliphatic carbocycles. The molecule has 0 aromatic heterocycles. The van der Waals surface area contributed by atoms with Crippen molar-refractivity contribution in [3.05, 3.63) is 59.2 Å². The van der Waals surface area contributed by atoms with E-state index >= 15 is 0 Å². The van der Waals surface area contributed by atoms with Crippen molar-refractivity contribution in [1.29, 1.82) is 0 Å². The van der Waals surface area contributed by atoms with Crippen molar-refractivity contribution >= 4 is 11.6 Å². The molecule has 2 heterocycles. The number of morpholine rings is 1. The lowest BCUT2D eigenvalue weighted by atomic mass is 10.00. The highest BCUT2D eigenvalue weighted by molar-refractivity contribution is 5.94. The summed E-state index contributed by atoms with van der Waals surface area (Å²) in [6.07, 6.45) is 1.08. The van der Waals surface area contributed by atoms with Crippen LogP contribution in [0.1, 0.15) is 34.5 Å². The van der Waals surface area contributed by atoms with E-state index < -0.39 is 0 Å². The van der Waals surface area contributed by atoms with Gasteiger partial charge < -0.3 is 19.7 Å².